The SMILES string of the molecule is Cc1cc(CCCCCC[C@]2(C)CCc3c(C)c(O)c(C)c(C)c3O2)n2c1C=C1C=CC=[N+]1C2([18F])[18F]. The van der Waals surface area contributed by atoms with Crippen LogP contribution in [0.25, 0.3) is 6.08 Å². The van der Waals surface area contributed by atoms with Gasteiger partial charge in [0.05, 0.1) is 5.69 Å². The van der Waals surface area contributed by atoms with Gasteiger partial charge < -0.3 is 9.84 Å². The van der Waals surface area contributed by atoms with Gasteiger partial charge in [0, 0.05) is 29.5 Å². The van der Waals surface area contributed by atoms with E-state index >= 15 is 8.78 Å². The summed E-state index contributed by atoms with van der Waals surface area (Å²) in [6.07, 6.45) is 11.1. The summed E-state index contributed by atoms with van der Waals surface area (Å²) in [4.78, 5) is 0. The molecular weight excluding hydrogens is 456 g/mol. The molecule has 4 nitrogen and oxygen atoms in total. The van der Waals surface area contributed by atoms with E-state index in [0.29, 0.717) is 29.3 Å². The number of alkyl halides is 2. The van der Waals surface area contributed by atoms with E-state index in [2.05, 4.69) is 6.92 Å². The first-order chi connectivity index (χ1) is 17.0. The fraction of sp³-hybridized carbons (Fsp3) is 0.500. The van der Waals surface area contributed by atoms with Crippen LogP contribution < -0.4 is 4.74 Å². The van der Waals surface area contributed by atoms with Gasteiger partial charge in [0.2, 0.25) is 5.70 Å². The van der Waals surface area contributed by atoms with E-state index in [1.165, 1.54) is 10.8 Å². The van der Waals surface area contributed by atoms with Crippen LogP contribution in [0.5, 0.6) is 11.5 Å². The summed E-state index contributed by atoms with van der Waals surface area (Å²) < 4.78 is 39.3. The minimum Gasteiger partial charge on any atom is -0.507 e. The standard InChI is InChI=1S/C30H36F2N2O2/c1-19-17-24(34-26(19)18-23-12-10-16-33(23)30(34,31)32)11-8-6-7-9-14-29(5)15-13-25-22(4)27(35)20(2)21(3)28(25)36-29/h10,12,16-18H,6-9,11,13-15H2,1-5H3/p+1/t29-/m1/s1/i31-1,32-1. The number of aryl methyl sites for hydroxylation is 2. The number of nitrogens with zero attached hydrogens (tertiary/aromatic N) is 2. The maximum atomic E-state index is 15.3. The molecule has 0 amide bonds. The van der Waals surface area contributed by atoms with Gasteiger partial charge in [0.1, 0.15) is 17.1 Å². The molecule has 1 atom stereocenters. The largest absolute Gasteiger partial charge is 0.565 e. The monoisotopic (exact) mass is 493 g/mol. The molecule has 0 radical (unpaired) electrons. The first-order valence-corrected chi connectivity index (χ1v) is 13.2. The number of allylic oxidation sites excluding steroid dienone is 2. The van der Waals surface area contributed by atoms with Crippen LogP contribution in [-0.2, 0) is 19.0 Å². The van der Waals surface area contributed by atoms with Crippen LogP contribution in [-0.4, -0.2) is 26.1 Å². The van der Waals surface area contributed by atoms with E-state index in [4.69, 9.17) is 4.74 Å². The van der Waals surface area contributed by atoms with E-state index < -0.39 is 6.17 Å². The number of unbranched alkanes of at least 4 members (excludes halogenated alkanes) is 3. The summed E-state index contributed by atoms with van der Waals surface area (Å²) in [6.45, 7) is 10.1. The van der Waals surface area contributed by atoms with Crippen molar-refractivity contribution in [2.24, 2.45) is 0 Å². The molecule has 2 aromatic rings. The van der Waals surface area contributed by atoms with E-state index in [9.17, 15) is 5.11 Å². The number of ether oxygens (including phenoxy) is 1. The van der Waals surface area contributed by atoms with Gasteiger partial charge in [-0.05, 0) is 101 Å². The second-order valence-electron chi connectivity index (χ2n) is 11.0. The van der Waals surface area contributed by atoms with E-state index in [-0.39, 0.29) is 5.60 Å². The summed E-state index contributed by atoms with van der Waals surface area (Å²) >= 11 is 0. The topological polar surface area (TPSA) is 37.4 Å². The average Bonchev–Trinajstić information content (AvgIpc) is 3.44. The predicted molar refractivity (Wildman–Crippen MR) is 139 cm³/mol. The summed E-state index contributed by atoms with van der Waals surface area (Å²) in [5.74, 6) is 1.34. The van der Waals surface area contributed by atoms with Gasteiger partial charge in [-0.15, -0.1) is 13.4 Å². The third-order valence-electron chi connectivity index (χ3n) is 8.42. The normalized spacial score (nSPS) is 21.4. The summed E-state index contributed by atoms with van der Waals surface area (Å²) in [7, 11) is 0. The Labute approximate surface area is 212 Å². The van der Waals surface area contributed by atoms with Crippen molar-refractivity contribution >= 4 is 12.3 Å². The zero-order valence-corrected chi connectivity index (χ0v) is 22.0. The lowest BCUT2D eigenvalue weighted by molar-refractivity contribution is -0.671. The van der Waals surface area contributed by atoms with Crippen LogP contribution in [0.3, 0.4) is 0 Å². The highest BCUT2D eigenvalue weighted by Crippen LogP contribution is 2.44. The lowest BCUT2D eigenvalue weighted by atomic mass is 9.84. The first kappa shape index (κ1) is 24.8. The third-order valence-corrected chi connectivity index (χ3v) is 8.42. The quantitative estimate of drug-likeness (QED) is 0.251. The van der Waals surface area contributed by atoms with Crippen molar-refractivity contribution in [3.8, 4) is 11.5 Å². The van der Waals surface area contributed by atoms with Crippen molar-refractivity contribution in [1.29, 1.82) is 0 Å². The Morgan fingerprint density at radius 3 is 2.58 bits per heavy atom. The highest BCUT2D eigenvalue weighted by atomic mass is 18.3. The van der Waals surface area contributed by atoms with Gasteiger partial charge in [0.15, 0.2) is 6.21 Å². The van der Waals surface area contributed by atoms with Crippen molar-refractivity contribution in [3.63, 3.8) is 0 Å². The Morgan fingerprint density at radius 2 is 1.81 bits per heavy atom. The van der Waals surface area contributed by atoms with Crippen LogP contribution >= 0.6 is 0 Å². The predicted octanol–water partition coefficient (Wildman–Crippen LogP) is 7.22. The molecule has 3 aliphatic heterocycles. The second kappa shape index (κ2) is 8.89. The number of phenolic OH excluding ortho intramolecular Hbond substituents is 1. The number of halogens is 2. The lowest BCUT2D eigenvalue weighted by Gasteiger charge is -2.38. The molecule has 4 heterocycles. The number of rotatable bonds is 7. The number of hydrogen-bond donors (Lipinski definition) is 1. The van der Waals surface area contributed by atoms with Crippen molar-refractivity contribution in [2.75, 3.05) is 0 Å². The van der Waals surface area contributed by atoms with Gasteiger partial charge in [-0.1, -0.05) is 12.8 Å². The number of hydrogen-bond acceptors (Lipinski definition) is 2. The number of fused-ring (bicyclic) bond motifs is 3. The molecule has 0 spiro atoms. The number of benzene rings is 1. The summed E-state index contributed by atoms with van der Waals surface area (Å²) in [5, 5.41) is 10.4. The van der Waals surface area contributed by atoms with E-state index in [1.807, 2.05) is 39.8 Å². The lowest BCUT2D eigenvalue weighted by Crippen LogP contribution is -2.39. The fourth-order valence-corrected chi connectivity index (χ4v) is 6.03. The van der Waals surface area contributed by atoms with Crippen molar-refractivity contribution in [1.82, 2.24) is 4.57 Å². The van der Waals surface area contributed by atoms with Gasteiger partial charge in [-0.3, -0.25) is 0 Å². The summed E-state index contributed by atoms with van der Waals surface area (Å²) in [6, 6.07) is 1.92. The molecule has 1 aromatic heterocycles. The van der Waals surface area contributed by atoms with Gasteiger partial charge in [-0.25, -0.2) is 4.57 Å². The highest BCUT2D eigenvalue weighted by molar-refractivity contribution is 5.73. The van der Waals surface area contributed by atoms with Crippen LogP contribution in [0.2, 0.25) is 0 Å². The molecule has 192 valence electrons. The van der Waals surface area contributed by atoms with Crippen molar-refractivity contribution in [3.05, 3.63) is 63.1 Å². The molecule has 1 aromatic carbocycles. The minimum absolute atomic E-state index is 0.211. The van der Waals surface area contributed by atoms with Crippen molar-refractivity contribution < 1.29 is 23.2 Å². The Morgan fingerprint density at radius 1 is 1.06 bits per heavy atom. The molecule has 0 saturated heterocycles. The molecule has 0 aliphatic carbocycles. The van der Waals surface area contributed by atoms with Crippen LogP contribution in [0.4, 0.5) is 8.78 Å². The van der Waals surface area contributed by atoms with Crippen molar-refractivity contribution in [2.45, 2.75) is 97.8 Å². The molecule has 1 N–H and O–H groups in total. The Balaban J connectivity index is 1.16. The molecule has 36 heavy (non-hydrogen) atoms. The molecule has 0 bridgehead atoms. The Kier molecular flexibility index (Phi) is 6.12. The molecular formula is C30H37F2N2O2+. The Hall–Kier alpha value is -2.89. The van der Waals surface area contributed by atoms with Gasteiger partial charge in [0.25, 0.3) is 0 Å². The smallest absolute Gasteiger partial charge is 0.507 e. The van der Waals surface area contributed by atoms with E-state index in [1.54, 1.807) is 12.2 Å². The van der Waals surface area contributed by atoms with E-state index in [0.717, 1.165) is 83.1 Å². The number of aromatic nitrogens is 1. The van der Waals surface area contributed by atoms with Crippen LogP contribution in [0.15, 0.2) is 23.9 Å². The molecule has 3 aliphatic rings. The molecule has 0 fully saturated rings. The zero-order valence-electron chi connectivity index (χ0n) is 22.0. The summed E-state index contributed by atoms with van der Waals surface area (Å²) in [5.41, 5.74) is 6.55. The molecule has 0 saturated carbocycles. The Bertz CT molecular complexity index is 1320. The third kappa shape index (κ3) is 3.99. The van der Waals surface area contributed by atoms with Gasteiger partial charge in [-0.2, -0.15) is 0 Å². The molecule has 0 unspecified atom stereocenters. The molecule has 5 rings (SSSR count). The maximum Gasteiger partial charge on any atom is 0.565 e. The minimum atomic E-state index is -3.08. The number of phenols is 1. The molecule has 6 heteroatoms. The average molecular weight is 494 g/mol. The fourth-order valence-electron chi connectivity index (χ4n) is 6.03. The van der Waals surface area contributed by atoms with Gasteiger partial charge >= 0.3 is 6.17 Å². The second-order valence-corrected chi connectivity index (χ2v) is 11.0. The van der Waals surface area contributed by atoms with Crippen LogP contribution in [0.1, 0.15) is 84.7 Å². The first-order valence-electron chi connectivity index (χ1n) is 13.2. The maximum absolute atomic E-state index is 15.3. The highest BCUT2D eigenvalue weighted by Gasteiger charge is 2.52. The number of aromatic hydroxyl groups is 1. The van der Waals surface area contributed by atoms with Crippen LogP contribution in [0, 0.1) is 27.7 Å². The zero-order chi connectivity index (χ0) is 25.8.